The van der Waals surface area contributed by atoms with Gasteiger partial charge in [-0.2, -0.15) is 0 Å². The quantitative estimate of drug-likeness (QED) is 0.763. The number of amidine groups is 1. The maximum Gasteiger partial charge on any atom is 0.112 e. The number of benzene rings is 1. The summed E-state index contributed by atoms with van der Waals surface area (Å²) in [7, 11) is 2.06. The van der Waals surface area contributed by atoms with Crippen LogP contribution >= 0.6 is 15.9 Å². The van der Waals surface area contributed by atoms with Crippen molar-refractivity contribution >= 4 is 27.5 Å². The summed E-state index contributed by atoms with van der Waals surface area (Å²) < 4.78 is 1.19. The second-order valence-electron chi connectivity index (χ2n) is 4.09. The summed E-state index contributed by atoms with van der Waals surface area (Å²) in [6.45, 7) is 4.23. The Labute approximate surface area is 105 Å². The molecule has 0 aromatic heterocycles. The zero-order valence-corrected chi connectivity index (χ0v) is 11.4. The van der Waals surface area contributed by atoms with Crippen LogP contribution in [0.15, 0.2) is 33.9 Å². The predicted molar refractivity (Wildman–Crippen MR) is 73.2 cm³/mol. The van der Waals surface area contributed by atoms with Gasteiger partial charge in [0.25, 0.3) is 0 Å². The van der Waals surface area contributed by atoms with Gasteiger partial charge in [-0.05, 0) is 37.1 Å². The van der Waals surface area contributed by atoms with E-state index in [9.17, 15) is 0 Å². The number of halogens is 1. The third-order valence-corrected chi connectivity index (χ3v) is 4.08. The van der Waals surface area contributed by atoms with Crippen molar-refractivity contribution in [2.75, 3.05) is 11.9 Å². The van der Waals surface area contributed by atoms with E-state index >= 15 is 0 Å². The molecule has 0 spiro atoms. The fraction of sp³-hybridized carbons (Fsp3) is 0.308. The molecule has 1 aromatic carbocycles. The summed E-state index contributed by atoms with van der Waals surface area (Å²) in [5.41, 5.74) is 3.71. The van der Waals surface area contributed by atoms with E-state index < -0.39 is 0 Å². The van der Waals surface area contributed by atoms with Gasteiger partial charge < -0.3 is 4.90 Å². The van der Waals surface area contributed by atoms with Crippen molar-refractivity contribution in [3.8, 4) is 0 Å². The van der Waals surface area contributed by atoms with E-state index in [0.29, 0.717) is 0 Å². The van der Waals surface area contributed by atoms with Gasteiger partial charge in [-0.1, -0.05) is 22.0 Å². The van der Waals surface area contributed by atoms with Crippen LogP contribution in [0.1, 0.15) is 17.5 Å². The number of nitrogens with zero attached hydrogens (tertiary/aromatic N) is 2. The van der Waals surface area contributed by atoms with Gasteiger partial charge in [0.05, 0.1) is 0 Å². The first-order valence-electron chi connectivity index (χ1n) is 5.32. The van der Waals surface area contributed by atoms with Crippen LogP contribution < -0.4 is 4.90 Å². The molecule has 2 rings (SSSR count). The molecule has 1 aromatic rings. The third kappa shape index (κ3) is 2.05. The highest BCUT2D eigenvalue weighted by Crippen LogP contribution is 2.27. The molecule has 1 aliphatic heterocycles. The number of rotatable bonds is 1. The number of hydrogen-bond donors (Lipinski definition) is 0. The molecule has 0 atom stereocenters. The summed E-state index contributed by atoms with van der Waals surface area (Å²) >= 11 is 3.58. The van der Waals surface area contributed by atoms with Crippen LogP contribution in [0.3, 0.4) is 0 Å². The van der Waals surface area contributed by atoms with E-state index in [4.69, 9.17) is 0 Å². The highest BCUT2D eigenvalue weighted by atomic mass is 79.9. The Bertz CT molecular complexity index is 452. The molecule has 84 valence electrons. The summed E-state index contributed by atoms with van der Waals surface area (Å²) in [6.07, 6.45) is 4.86. The lowest BCUT2D eigenvalue weighted by Crippen LogP contribution is -2.24. The lowest BCUT2D eigenvalue weighted by Gasteiger charge is -2.20. The van der Waals surface area contributed by atoms with E-state index in [0.717, 1.165) is 12.3 Å². The van der Waals surface area contributed by atoms with Crippen LogP contribution in [0.4, 0.5) is 5.69 Å². The summed E-state index contributed by atoms with van der Waals surface area (Å²) in [4.78, 5) is 6.49. The largest absolute Gasteiger partial charge is 0.333 e. The second kappa shape index (κ2) is 4.42. The van der Waals surface area contributed by atoms with Crippen LogP contribution in [0.5, 0.6) is 0 Å². The van der Waals surface area contributed by atoms with Gasteiger partial charge >= 0.3 is 0 Å². The van der Waals surface area contributed by atoms with Gasteiger partial charge in [0.2, 0.25) is 0 Å². The second-order valence-corrected chi connectivity index (χ2v) is 4.88. The van der Waals surface area contributed by atoms with Gasteiger partial charge in [0.1, 0.15) is 5.84 Å². The third-order valence-electron chi connectivity index (χ3n) is 2.83. The van der Waals surface area contributed by atoms with Crippen molar-refractivity contribution in [3.05, 3.63) is 40.0 Å². The topological polar surface area (TPSA) is 15.6 Å². The van der Waals surface area contributed by atoms with Gasteiger partial charge in [0, 0.05) is 29.8 Å². The average molecular weight is 279 g/mol. The van der Waals surface area contributed by atoms with Crippen LogP contribution in [0.2, 0.25) is 0 Å². The maximum atomic E-state index is 4.34. The molecule has 1 aliphatic rings. The molecule has 0 bridgehead atoms. The summed E-state index contributed by atoms with van der Waals surface area (Å²) in [6, 6.07) is 4.36. The van der Waals surface area contributed by atoms with E-state index in [1.54, 1.807) is 0 Å². The first kappa shape index (κ1) is 11.4. The molecule has 16 heavy (non-hydrogen) atoms. The molecule has 0 amide bonds. The molecule has 1 heterocycles. The SMILES string of the molecule is Cc1cc(N(C)C2=NC=CC2)cc(C)c1Br. The standard InChI is InChI=1S/C13H15BrN2/c1-9-7-11(8-10(2)13(9)14)16(3)12-5-4-6-15-12/h4,6-8H,5H2,1-3H3. The lowest BCUT2D eigenvalue weighted by molar-refractivity contribution is 1.20. The van der Waals surface area contributed by atoms with Crippen molar-refractivity contribution in [1.29, 1.82) is 0 Å². The van der Waals surface area contributed by atoms with E-state index in [-0.39, 0.29) is 0 Å². The number of hydrogen-bond acceptors (Lipinski definition) is 2. The minimum absolute atomic E-state index is 0.921. The summed E-state index contributed by atoms with van der Waals surface area (Å²) in [5, 5.41) is 0. The molecule has 0 fully saturated rings. The number of aliphatic imine (C=N–C) groups is 1. The molecule has 0 aliphatic carbocycles. The molecule has 0 saturated carbocycles. The fourth-order valence-electron chi connectivity index (χ4n) is 1.84. The highest BCUT2D eigenvalue weighted by Gasteiger charge is 2.11. The van der Waals surface area contributed by atoms with Crippen LogP contribution in [0, 0.1) is 13.8 Å². The molecular formula is C13H15BrN2. The zero-order chi connectivity index (χ0) is 11.7. The van der Waals surface area contributed by atoms with Crippen molar-refractivity contribution in [2.45, 2.75) is 20.3 Å². The first-order valence-corrected chi connectivity index (χ1v) is 6.11. The highest BCUT2D eigenvalue weighted by molar-refractivity contribution is 9.10. The van der Waals surface area contributed by atoms with Crippen LogP contribution in [-0.4, -0.2) is 12.9 Å². The first-order chi connectivity index (χ1) is 7.59. The predicted octanol–water partition coefficient (Wildman–Crippen LogP) is 3.82. The molecular weight excluding hydrogens is 264 g/mol. The monoisotopic (exact) mass is 278 g/mol. The van der Waals surface area contributed by atoms with Gasteiger partial charge in [-0.25, -0.2) is 4.99 Å². The van der Waals surface area contributed by atoms with Crippen LogP contribution in [0.25, 0.3) is 0 Å². The molecule has 3 heteroatoms. The van der Waals surface area contributed by atoms with Crippen molar-refractivity contribution in [2.24, 2.45) is 4.99 Å². The van der Waals surface area contributed by atoms with E-state index in [1.165, 1.54) is 21.3 Å². The Kier molecular flexibility index (Phi) is 3.15. The smallest absolute Gasteiger partial charge is 0.112 e. The van der Waals surface area contributed by atoms with Gasteiger partial charge in [-0.3, -0.25) is 0 Å². The number of aryl methyl sites for hydroxylation is 2. The Balaban J connectivity index is 2.34. The zero-order valence-electron chi connectivity index (χ0n) is 9.79. The summed E-state index contributed by atoms with van der Waals surface area (Å²) in [5.74, 6) is 1.10. The van der Waals surface area contributed by atoms with Crippen molar-refractivity contribution in [1.82, 2.24) is 0 Å². The fourth-order valence-corrected chi connectivity index (χ4v) is 2.07. The minimum Gasteiger partial charge on any atom is -0.333 e. The van der Waals surface area contributed by atoms with Gasteiger partial charge in [-0.15, -0.1) is 0 Å². The average Bonchev–Trinajstić information content (AvgIpc) is 2.77. The Morgan fingerprint density at radius 3 is 2.38 bits per heavy atom. The Morgan fingerprint density at radius 1 is 1.25 bits per heavy atom. The van der Waals surface area contributed by atoms with Gasteiger partial charge in [0.15, 0.2) is 0 Å². The van der Waals surface area contributed by atoms with E-state index in [2.05, 4.69) is 64.9 Å². The molecule has 0 N–H and O–H groups in total. The normalized spacial score (nSPS) is 14.1. The lowest BCUT2D eigenvalue weighted by atomic mass is 10.1. The minimum atomic E-state index is 0.921. The molecule has 2 nitrogen and oxygen atoms in total. The van der Waals surface area contributed by atoms with Crippen LogP contribution in [-0.2, 0) is 0 Å². The molecule has 0 saturated heterocycles. The molecule has 0 unspecified atom stereocenters. The van der Waals surface area contributed by atoms with Crippen molar-refractivity contribution in [3.63, 3.8) is 0 Å². The Hall–Kier alpha value is -1.09. The molecule has 0 radical (unpaired) electrons. The van der Waals surface area contributed by atoms with E-state index in [1.807, 2.05) is 6.20 Å². The maximum absolute atomic E-state index is 4.34. The van der Waals surface area contributed by atoms with Crippen molar-refractivity contribution < 1.29 is 0 Å². The number of anilines is 1. The Morgan fingerprint density at radius 2 is 1.88 bits per heavy atom.